The Balaban J connectivity index is 1.58. The summed E-state index contributed by atoms with van der Waals surface area (Å²) < 4.78 is 7.64. The Hall–Kier alpha value is -2.14. The molecule has 1 fully saturated rings. The number of aromatic nitrogens is 2. The minimum absolute atomic E-state index is 0.00923. The van der Waals surface area contributed by atoms with Crippen LogP contribution in [0.2, 0.25) is 0 Å². The van der Waals surface area contributed by atoms with Gasteiger partial charge < -0.3 is 10.1 Å². The molecule has 1 amide bonds. The van der Waals surface area contributed by atoms with Crippen LogP contribution >= 0.6 is 0 Å². The van der Waals surface area contributed by atoms with Crippen LogP contribution in [0.4, 0.5) is 0 Å². The standard InChI is InChI=1S/C21H27N3O2/c1-21(2)11-17(23-20(25)19-9-6-10-26-19)16-13-22-24(18(16)12-21)14-15-7-4-3-5-8-15/h3-5,7-8,13,17,19H,6,9-12,14H2,1-2H3,(H,23,25)/t17-,19-/m1/s1. The van der Waals surface area contributed by atoms with Gasteiger partial charge in [0.05, 0.1) is 18.8 Å². The summed E-state index contributed by atoms with van der Waals surface area (Å²) in [6, 6.07) is 10.4. The maximum atomic E-state index is 12.6. The number of amides is 1. The van der Waals surface area contributed by atoms with Crippen LogP contribution in [0.5, 0.6) is 0 Å². The summed E-state index contributed by atoms with van der Waals surface area (Å²) in [4.78, 5) is 12.6. The third-order valence-corrected chi connectivity index (χ3v) is 5.47. The van der Waals surface area contributed by atoms with Gasteiger partial charge in [0.15, 0.2) is 0 Å². The minimum atomic E-state index is -0.289. The highest BCUT2D eigenvalue weighted by Gasteiger charge is 2.37. The molecule has 1 aliphatic heterocycles. The van der Waals surface area contributed by atoms with Crippen LogP contribution < -0.4 is 5.32 Å². The van der Waals surface area contributed by atoms with Crippen molar-refractivity contribution in [3.63, 3.8) is 0 Å². The van der Waals surface area contributed by atoms with Gasteiger partial charge in [0.2, 0.25) is 5.91 Å². The Kier molecular flexibility index (Phi) is 4.57. The number of nitrogens with zero attached hydrogens (tertiary/aromatic N) is 2. The minimum Gasteiger partial charge on any atom is -0.368 e. The molecule has 0 bridgehead atoms. The van der Waals surface area contributed by atoms with Crippen LogP contribution in [0, 0.1) is 5.41 Å². The summed E-state index contributed by atoms with van der Waals surface area (Å²) in [6.07, 6.45) is 5.34. The first-order chi connectivity index (χ1) is 12.5. The highest BCUT2D eigenvalue weighted by Crippen LogP contribution is 2.41. The summed E-state index contributed by atoms with van der Waals surface area (Å²) in [5.41, 5.74) is 3.76. The fourth-order valence-electron chi connectivity index (χ4n) is 4.17. The fraction of sp³-hybridized carbons (Fsp3) is 0.524. The van der Waals surface area contributed by atoms with E-state index in [1.165, 1.54) is 11.3 Å². The van der Waals surface area contributed by atoms with Gasteiger partial charge in [-0.25, -0.2) is 0 Å². The number of nitrogens with one attached hydrogen (secondary N) is 1. The molecule has 4 rings (SSSR count). The van der Waals surface area contributed by atoms with E-state index < -0.39 is 0 Å². The zero-order valence-electron chi connectivity index (χ0n) is 15.6. The Bertz CT molecular complexity index is 776. The maximum absolute atomic E-state index is 12.6. The van der Waals surface area contributed by atoms with E-state index in [1.807, 2.05) is 12.3 Å². The lowest BCUT2D eigenvalue weighted by molar-refractivity contribution is -0.131. The van der Waals surface area contributed by atoms with Crippen LogP contribution in [-0.4, -0.2) is 28.4 Å². The van der Waals surface area contributed by atoms with Gasteiger partial charge in [-0.2, -0.15) is 5.10 Å². The summed E-state index contributed by atoms with van der Waals surface area (Å²) in [7, 11) is 0. The maximum Gasteiger partial charge on any atom is 0.249 e. The number of carbonyl (C=O) groups is 1. The number of benzene rings is 1. The van der Waals surface area contributed by atoms with Gasteiger partial charge in [-0.1, -0.05) is 44.2 Å². The number of hydrogen-bond acceptors (Lipinski definition) is 3. The molecule has 1 N–H and O–H groups in total. The third-order valence-electron chi connectivity index (χ3n) is 5.47. The molecular formula is C21H27N3O2. The van der Waals surface area contributed by atoms with Gasteiger partial charge in [0.25, 0.3) is 0 Å². The van der Waals surface area contributed by atoms with Gasteiger partial charge in [0, 0.05) is 17.9 Å². The van der Waals surface area contributed by atoms with Gasteiger partial charge in [-0.05, 0) is 36.7 Å². The monoisotopic (exact) mass is 353 g/mol. The Morgan fingerprint density at radius 3 is 2.88 bits per heavy atom. The van der Waals surface area contributed by atoms with E-state index in [-0.39, 0.29) is 23.5 Å². The van der Waals surface area contributed by atoms with E-state index in [0.29, 0.717) is 6.61 Å². The van der Waals surface area contributed by atoms with Gasteiger partial charge in [-0.3, -0.25) is 9.48 Å². The average molecular weight is 353 g/mol. The van der Waals surface area contributed by atoms with Crippen LogP contribution in [-0.2, 0) is 22.5 Å². The largest absolute Gasteiger partial charge is 0.368 e. The molecule has 0 radical (unpaired) electrons. The second-order valence-corrected chi connectivity index (χ2v) is 8.30. The first kappa shape index (κ1) is 17.3. The molecule has 1 saturated heterocycles. The molecule has 1 aromatic heterocycles. The topological polar surface area (TPSA) is 56.2 Å². The quantitative estimate of drug-likeness (QED) is 0.918. The van der Waals surface area contributed by atoms with E-state index in [9.17, 15) is 4.79 Å². The van der Waals surface area contributed by atoms with Crippen molar-refractivity contribution in [3.05, 3.63) is 53.3 Å². The number of rotatable bonds is 4. The smallest absolute Gasteiger partial charge is 0.249 e. The molecule has 2 aliphatic rings. The van der Waals surface area contributed by atoms with Crippen molar-refractivity contribution >= 4 is 5.91 Å². The van der Waals surface area contributed by atoms with E-state index in [1.54, 1.807) is 0 Å². The lowest BCUT2D eigenvalue weighted by Crippen LogP contribution is -2.41. The predicted molar refractivity (Wildman–Crippen MR) is 99.7 cm³/mol. The van der Waals surface area contributed by atoms with Crippen molar-refractivity contribution in [1.82, 2.24) is 15.1 Å². The van der Waals surface area contributed by atoms with Crippen LogP contribution in [0.1, 0.15) is 56.0 Å². The number of ether oxygens (including phenoxy) is 1. The van der Waals surface area contributed by atoms with Crippen LogP contribution in [0.15, 0.2) is 36.5 Å². The normalized spacial score (nSPS) is 24.2. The van der Waals surface area contributed by atoms with E-state index in [2.05, 4.69) is 53.2 Å². The lowest BCUT2D eigenvalue weighted by atomic mass is 9.74. The molecule has 1 aromatic carbocycles. The van der Waals surface area contributed by atoms with Crippen molar-refractivity contribution in [2.24, 2.45) is 5.41 Å². The third kappa shape index (κ3) is 3.54. The molecular weight excluding hydrogens is 326 g/mol. The summed E-state index contributed by atoms with van der Waals surface area (Å²) in [5, 5.41) is 7.88. The molecule has 0 spiro atoms. The van der Waals surface area contributed by atoms with Crippen LogP contribution in [0.25, 0.3) is 0 Å². The predicted octanol–water partition coefficient (Wildman–Crippen LogP) is 3.24. The van der Waals surface area contributed by atoms with Crippen molar-refractivity contribution in [1.29, 1.82) is 0 Å². The average Bonchev–Trinajstić information content (AvgIpc) is 3.26. The molecule has 5 heteroatoms. The van der Waals surface area contributed by atoms with Gasteiger partial charge >= 0.3 is 0 Å². The van der Waals surface area contributed by atoms with Crippen molar-refractivity contribution < 1.29 is 9.53 Å². The van der Waals surface area contributed by atoms with Gasteiger partial charge in [-0.15, -0.1) is 0 Å². The fourth-order valence-corrected chi connectivity index (χ4v) is 4.17. The second-order valence-electron chi connectivity index (χ2n) is 8.30. The molecule has 0 unspecified atom stereocenters. The number of fused-ring (bicyclic) bond motifs is 1. The molecule has 138 valence electrons. The SMILES string of the molecule is CC1(C)Cc2c(cnn2Cc2ccccc2)[C@H](NC(=O)[C@H]2CCCO2)C1. The molecule has 2 heterocycles. The van der Waals surface area contributed by atoms with E-state index >= 15 is 0 Å². The molecule has 2 atom stereocenters. The summed E-state index contributed by atoms with van der Waals surface area (Å²) >= 11 is 0. The molecule has 5 nitrogen and oxygen atoms in total. The number of hydrogen-bond donors (Lipinski definition) is 1. The first-order valence-corrected chi connectivity index (χ1v) is 9.52. The van der Waals surface area contributed by atoms with Crippen molar-refractivity contribution in [2.45, 2.75) is 58.2 Å². The summed E-state index contributed by atoms with van der Waals surface area (Å²) in [5.74, 6) is 0.0203. The highest BCUT2D eigenvalue weighted by molar-refractivity contribution is 5.81. The lowest BCUT2D eigenvalue weighted by Gasteiger charge is -2.36. The molecule has 1 aliphatic carbocycles. The van der Waals surface area contributed by atoms with Crippen molar-refractivity contribution in [2.75, 3.05) is 6.61 Å². The van der Waals surface area contributed by atoms with Crippen LogP contribution in [0.3, 0.4) is 0 Å². The first-order valence-electron chi connectivity index (χ1n) is 9.52. The Labute approximate surface area is 154 Å². The zero-order valence-corrected chi connectivity index (χ0v) is 15.6. The van der Waals surface area contributed by atoms with Crippen molar-refractivity contribution in [3.8, 4) is 0 Å². The van der Waals surface area contributed by atoms with E-state index in [0.717, 1.165) is 37.8 Å². The molecule has 26 heavy (non-hydrogen) atoms. The highest BCUT2D eigenvalue weighted by atomic mass is 16.5. The summed E-state index contributed by atoms with van der Waals surface area (Å²) in [6.45, 7) is 5.98. The number of carbonyl (C=O) groups excluding carboxylic acids is 1. The van der Waals surface area contributed by atoms with E-state index in [4.69, 9.17) is 4.74 Å². The van der Waals surface area contributed by atoms with Gasteiger partial charge in [0.1, 0.15) is 6.10 Å². The molecule has 2 aromatic rings. The Morgan fingerprint density at radius 1 is 1.35 bits per heavy atom. The molecule has 0 saturated carbocycles. The zero-order chi connectivity index (χ0) is 18.1. The Morgan fingerprint density at radius 2 is 2.15 bits per heavy atom. The second kappa shape index (κ2) is 6.88.